The van der Waals surface area contributed by atoms with Gasteiger partial charge in [0, 0.05) is 18.2 Å². The first-order valence-electron chi connectivity index (χ1n) is 5.71. The first-order chi connectivity index (χ1) is 8.58. The normalized spacial score (nSPS) is 19.3. The van der Waals surface area contributed by atoms with Crippen molar-refractivity contribution >= 4 is 34.3 Å². The van der Waals surface area contributed by atoms with Crippen molar-refractivity contribution in [3.05, 3.63) is 28.1 Å². The summed E-state index contributed by atoms with van der Waals surface area (Å²) in [5.74, 6) is 0.505. The van der Waals surface area contributed by atoms with Gasteiger partial charge in [-0.25, -0.2) is 4.98 Å². The van der Waals surface area contributed by atoms with Crippen LogP contribution in [0.2, 0.25) is 10.0 Å². The van der Waals surface area contributed by atoms with E-state index in [0.717, 1.165) is 0 Å². The summed E-state index contributed by atoms with van der Waals surface area (Å²) < 4.78 is 11.0. The first-order valence-corrected chi connectivity index (χ1v) is 6.47. The molecule has 0 unspecified atom stereocenters. The van der Waals surface area contributed by atoms with E-state index in [0.29, 0.717) is 53.1 Å². The van der Waals surface area contributed by atoms with Crippen LogP contribution in [-0.2, 0) is 10.3 Å². The molecule has 0 radical (unpaired) electrons. The fourth-order valence-corrected chi connectivity index (χ4v) is 2.64. The van der Waals surface area contributed by atoms with E-state index in [-0.39, 0.29) is 0 Å². The van der Waals surface area contributed by atoms with Crippen molar-refractivity contribution in [3.8, 4) is 0 Å². The van der Waals surface area contributed by atoms with E-state index in [1.165, 1.54) is 0 Å². The fourth-order valence-electron chi connectivity index (χ4n) is 2.12. The zero-order valence-electron chi connectivity index (χ0n) is 9.58. The molecule has 0 spiro atoms. The number of nitrogens with two attached hydrogens (primary N) is 1. The molecular weight excluding hydrogens is 275 g/mol. The lowest BCUT2D eigenvalue weighted by Crippen LogP contribution is -2.42. The van der Waals surface area contributed by atoms with E-state index >= 15 is 0 Å². The van der Waals surface area contributed by atoms with Crippen LogP contribution in [0.25, 0.3) is 11.1 Å². The van der Waals surface area contributed by atoms with Gasteiger partial charge in [0.05, 0.1) is 10.6 Å². The van der Waals surface area contributed by atoms with E-state index in [2.05, 4.69) is 4.98 Å². The molecule has 1 fully saturated rings. The Morgan fingerprint density at radius 1 is 1.22 bits per heavy atom. The van der Waals surface area contributed by atoms with Gasteiger partial charge in [-0.3, -0.25) is 0 Å². The number of ether oxygens (including phenoxy) is 1. The van der Waals surface area contributed by atoms with E-state index in [1.54, 1.807) is 12.1 Å². The van der Waals surface area contributed by atoms with Gasteiger partial charge in [-0.2, -0.15) is 0 Å². The molecule has 2 aromatic rings. The molecule has 2 heterocycles. The standard InChI is InChI=1S/C12H12Cl2N2O2/c13-7-5-8(14)10-9(6-7)16-11(18-10)12(15)1-3-17-4-2-12/h5-6H,1-4,15H2. The Morgan fingerprint density at radius 2 is 1.94 bits per heavy atom. The van der Waals surface area contributed by atoms with Gasteiger partial charge in [-0.1, -0.05) is 23.2 Å². The highest BCUT2D eigenvalue weighted by Crippen LogP contribution is 2.34. The van der Waals surface area contributed by atoms with Crippen molar-refractivity contribution in [3.63, 3.8) is 0 Å². The minimum atomic E-state index is -0.576. The molecule has 6 heteroatoms. The molecule has 1 aliphatic rings. The number of rotatable bonds is 1. The van der Waals surface area contributed by atoms with Crippen molar-refractivity contribution in [1.82, 2.24) is 4.98 Å². The summed E-state index contributed by atoms with van der Waals surface area (Å²) in [7, 11) is 0. The van der Waals surface area contributed by atoms with Gasteiger partial charge in [-0.15, -0.1) is 0 Å². The number of aromatic nitrogens is 1. The highest BCUT2D eigenvalue weighted by molar-refractivity contribution is 6.37. The molecule has 1 aromatic heterocycles. The number of hydrogen-bond acceptors (Lipinski definition) is 4. The Kier molecular flexibility index (Phi) is 2.98. The third kappa shape index (κ3) is 1.99. The van der Waals surface area contributed by atoms with Gasteiger partial charge in [0.1, 0.15) is 5.52 Å². The lowest BCUT2D eigenvalue weighted by molar-refractivity contribution is 0.0429. The number of halogens is 2. The number of oxazole rings is 1. The summed E-state index contributed by atoms with van der Waals surface area (Å²) in [6, 6.07) is 3.35. The van der Waals surface area contributed by atoms with Crippen LogP contribution in [-0.4, -0.2) is 18.2 Å². The molecule has 4 nitrogen and oxygen atoms in total. The minimum absolute atomic E-state index is 0.451. The van der Waals surface area contributed by atoms with Crippen LogP contribution in [0.1, 0.15) is 18.7 Å². The Morgan fingerprint density at radius 3 is 2.67 bits per heavy atom. The predicted molar refractivity (Wildman–Crippen MR) is 69.9 cm³/mol. The number of benzene rings is 1. The first kappa shape index (κ1) is 12.2. The van der Waals surface area contributed by atoms with Crippen LogP contribution < -0.4 is 5.73 Å². The predicted octanol–water partition coefficient (Wildman–Crippen LogP) is 3.10. The van der Waals surface area contributed by atoms with Crippen LogP contribution >= 0.6 is 23.2 Å². The molecule has 0 aliphatic carbocycles. The van der Waals surface area contributed by atoms with Gasteiger partial charge < -0.3 is 14.9 Å². The quantitative estimate of drug-likeness (QED) is 0.875. The van der Waals surface area contributed by atoms with Crippen LogP contribution in [0.3, 0.4) is 0 Å². The largest absolute Gasteiger partial charge is 0.437 e. The summed E-state index contributed by atoms with van der Waals surface area (Å²) in [6.07, 6.45) is 1.37. The van der Waals surface area contributed by atoms with Crippen LogP contribution in [0.5, 0.6) is 0 Å². The Hall–Kier alpha value is -0.810. The van der Waals surface area contributed by atoms with Crippen molar-refractivity contribution in [2.24, 2.45) is 5.73 Å². The average Bonchev–Trinajstić information content (AvgIpc) is 2.74. The zero-order chi connectivity index (χ0) is 12.8. The third-order valence-corrected chi connectivity index (χ3v) is 3.72. The highest BCUT2D eigenvalue weighted by atomic mass is 35.5. The second-order valence-electron chi connectivity index (χ2n) is 4.52. The minimum Gasteiger partial charge on any atom is -0.437 e. The fraction of sp³-hybridized carbons (Fsp3) is 0.417. The summed E-state index contributed by atoms with van der Waals surface area (Å²) in [4.78, 5) is 4.41. The monoisotopic (exact) mass is 286 g/mol. The summed E-state index contributed by atoms with van der Waals surface area (Å²) >= 11 is 12.0. The zero-order valence-corrected chi connectivity index (χ0v) is 11.1. The molecule has 2 N–H and O–H groups in total. The van der Waals surface area contributed by atoms with E-state index in [1.807, 2.05) is 0 Å². The SMILES string of the molecule is NC1(c2nc3cc(Cl)cc(Cl)c3o2)CCOCC1. The lowest BCUT2D eigenvalue weighted by Gasteiger charge is -2.29. The molecule has 0 bridgehead atoms. The van der Waals surface area contributed by atoms with Gasteiger partial charge in [-0.05, 0) is 25.0 Å². The van der Waals surface area contributed by atoms with Crippen molar-refractivity contribution in [1.29, 1.82) is 0 Å². The van der Waals surface area contributed by atoms with Gasteiger partial charge in [0.2, 0.25) is 5.89 Å². The molecule has 0 atom stereocenters. The molecule has 18 heavy (non-hydrogen) atoms. The Bertz CT molecular complexity index is 591. The molecule has 96 valence electrons. The summed E-state index contributed by atoms with van der Waals surface area (Å²) in [6.45, 7) is 1.23. The second-order valence-corrected chi connectivity index (χ2v) is 5.37. The molecule has 1 aromatic carbocycles. The topological polar surface area (TPSA) is 61.3 Å². The lowest BCUT2D eigenvalue weighted by atomic mass is 9.91. The van der Waals surface area contributed by atoms with Gasteiger partial charge in [0.15, 0.2) is 5.58 Å². The van der Waals surface area contributed by atoms with Crippen molar-refractivity contribution < 1.29 is 9.15 Å². The molecule has 0 saturated carbocycles. The smallest absolute Gasteiger partial charge is 0.215 e. The van der Waals surface area contributed by atoms with Gasteiger partial charge >= 0.3 is 0 Å². The van der Waals surface area contributed by atoms with Crippen molar-refractivity contribution in [2.75, 3.05) is 13.2 Å². The average molecular weight is 287 g/mol. The maximum Gasteiger partial charge on any atom is 0.215 e. The molecule has 3 rings (SSSR count). The Labute approximate surface area is 114 Å². The third-order valence-electron chi connectivity index (χ3n) is 3.22. The summed E-state index contributed by atoms with van der Waals surface area (Å²) in [5.41, 5.74) is 6.92. The van der Waals surface area contributed by atoms with Crippen LogP contribution in [0.15, 0.2) is 16.5 Å². The van der Waals surface area contributed by atoms with Crippen molar-refractivity contribution in [2.45, 2.75) is 18.4 Å². The molecule has 0 amide bonds. The Balaban J connectivity index is 2.10. The van der Waals surface area contributed by atoms with E-state index in [4.69, 9.17) is 38.1 Å². The number of nitrogens with zero attached hydrogens (tertiary/aromatic N) is 1. The maximum atomic E-state index is 6.32. The molecular formula is C12H12Cl2N2O2. The number of hydrogen-bond donors (Lipinski definition) is 1. The van der Waals surface area contributed by atoms with E-state index in [9.17, 15) is 0 Å². The number of fused-ring (bicyclic) bond motifs is 1. The van der Waals surface area contributed by atoms with E-state index < -0.39 is 5.54 Å². The second kappa shape index (κ2) is 4.38. The molecule has 1 aliphatic heterocycles. The maximum absolute atomic E-state index is 6.32. The summed E-state index contributed by atoms with van der Waals surface area (Å²) in [5, 5.41) is 0.984. The van der Waals surface area contributed by atoms with Gasteiger partial charge in [0.25, 0.3) is 0 Å². The highest BCUT2D eigenvalue weighted by Gasteiger charge is 2.35. The van der Waals surface area contributed by atoms with Crippen LogP contribution in [0, 0.1) is 0 Å². The van der Waals surface area contributed by atoms with Crippen LogP contribution in [0.4, 0.5) is 0 Å². The molecule has 1 saturated heterocycles.